The first-order valence-corrected chi connectivity index (χ1v) is 6.86. The molecule has 0 amide bonds. The maximum atomic E-state index is 13.9. The van der Waals surface area contributed by atoms with Gasteiger partial charge in [0.15, 0.2) is 0 Å². The lowest BCUT2D eigenvalue weighted by Crippen LogP contribution is -2.18. The van der Waals surface area contributed by atoms with Gasteiger partial charge in [-0.2, -0.15) is 0 Å². The van der Waals surface area contributed by atoms with Gasteiger partial charge < -0.3 is 10.2 Å². The third kappa shape index (κ3) is 3.33. The van der Waals surface area contributed by atoms with Crippen LogP contribution in [0.15, 0.2) is 42.7 Å². The number of halogens is 1. The largest absolute Gasteiger partial charge is 0.341 e. The highest BCUT2D eigenvalue weighted by Crippen LogP contribution is 2.28. The van der Waals surface area contributed by atoms with Crippen molar-refractivity contribution in [2.24, 2.45) is 0 Å². The molecule has 106 valence electrons. The van der Waals surface area contributed by atoms with Crippen molar-refractivity contribution in [3.05, 3.63) is 54.1 Å². The summed E-state index contributed by atoms with van der Waals surface area (Å²) in [4.78, 5) is 6.00. The molecule has 4 heteroatoms. The minimum Gasteiger partial charge on any atom is -0.341 e. The second-order valence-electron chi connectivity index (χ2n) is 4.69. The Bertz CT molecular complexity index is 557. The summed E-state index contributed by atoms with van der Waals surface area (Å²) in [5, 5.41) is 3.36. The lowest BCUT2D eigenvalue weighted by Gasteiger charge is -2.22. The smallest absolute Gasteiger partial charge is 0.146 e. The lowest BCUT2D eigenvalue weighted by molar-refractivity contribution is 0.627. The zero-order valence-corrected chi connectivity index (χ0v) is 11.9. The van der Waals surface area contributed by atoms with E-state index in [0.29, 0.717) is 5.69 Å². The fraction of sp³-hybridized carbons (Fsp3) is 0.312. The number of rotatable bonds is 6. The summed E-state index contributed by atoms with van der Waals surface area (Å²) in [6.07, 6.45) is 4.63. The van der Waals surface area contributed by atoms with Gasteiger partial charge in [0, 0.05) is 19.8 Å². The van der Waals surface area contributed by atoms with Gasteiger partial charge in [-0.1, -0.05) is 19.1 Å². The molecule has 2 aromatic rings. The van der Waals surface area contributed by atoms with Crippen molar-refractivity contribution < 1.29 is 4.39 Å². The second-order valence-corrected chi connectivity index (χ2v) is 4.69. The van der Waals surface area contributed by atoms with Gasteiger partial charge in [-0.15, -0.1) is 0 Å². The van der Waals surface area contributed by atoms with Crippen molar-refractivity contribution in [1.29, 1.82) is 0 Å². The third-order valence-corrected chi connectivity index (χ3v) is 3.20. The van der Waals surface area contributed by atoms with E-state index in [0.717, 1.165) is 30.8 Å². The molecular formula is C16H20FN3. The average molecular weight is 273 g/mol. The first-order chi connectivity index (χ1) is 9.74. The summed E-state index contributed by atoms with van der Waals surface area (Å²) in [6, 6.07) is 8.73. The summed E-state index contributed by atoms with van der Waals surface area (Å²) in [7, 11) is 1.86. The number of benzene rings is 1. The first-order valence-electron chi connectivity index (χ1n) is 6.86. The number of anilines is 2. The van der Waals surface area contributed by atoms with Gasteiger partial charge >= 0.3 is 0 Å². The number of nitrogens with zero attached hydrogens (tertiary/aromatic N) is 2. The van der Waals surface area contributed by atoms with Crippen molar-refractivity contribution in [1.82, 2.24) is 10.3 Å². The molecule has 0 atom stereocenters. The second kappa shape index (κ2) is 7.01. The fourth-order valence-electron chi connectivity index (χ4n) is 2.12. The van der Waals surface area contributed by atoms with E-state index >= 15 is 0 Å². The summed E-state index contributed by atoms with van der Waals surface area (Å²) >= 11 is 0. The molecule has 0 aliphatic carbocycles. The number of hydrogen-bond donors (Lipinski definition) is 1. The van der Waals surface area contributed by atoms with Crippen molar-refractivity contribution in [3.8, 4) is 0 Å². The van der Waals surface area contributed by atoms with Crippen molar-refractivity contribution in [3.63, 3.8) is 0 Å². The van der Waals surface area contributed by atoms with Crippen LogP contribution in [-0.2, 0) is 6.54 Å². The van der Waals surface area contributed by atoms with Crippen molar-refractivity contribution in [2.75, 3.05) is 18.5 Å². The number of para-hydroxylation sites is 1. The molecule has 1 N–H and O–H groups in total. The molecule has 0 bridgehead atoms. The standard InChI is InChI=1S/C16H20FN3/c1-3-9-18-11-13-8-10-19-12-16(13)20(2)15-7-5-4-6-14(15)17/h4-8,10,12,18H,3,9,11H2,1-2H3. The van der Waals surface area contributed by atoms with Crippen LogP contribution in [0.3, 0.4) is 0 Å². The predicted octanol–water partition coefficient (Wildman–Crippen LogP) is 3.49. The molecule has 0 fully saturated rings. The Morgan fingerprint density at radius 2 is 2.00 bits per heavy atom. The van der Waals surface area contributed by atoms with Crippen molar-refractivity contribution >= 4 is 11.4 Å². The third-order valence-electron chi connectivity index (χ3n) is 3.20. The van der Waals surface area contributed by atoms with E-state index < -0.39 is 0 Å². The van der Waals surface area contributed by atoms with Crippen LogP contribution in [0.4, 0.5) is 15.8 Å². The van der Waals surface area contributed by atoms with E-state index in [9.17, 15) is 4.39 Å². The zero-order valence-electron chi connectivity index (χ0n) is 11.9. The van der Waals surface area contributed by atoms with Crippen LogP contribution in [0.2, 0.25) is 0 Å². The van der Waals surface area contributed by atoms with Crippen LogP contribution >= 0.6 is 0 Å². The molecule has 2 rings (SSSR count). The normalized spacial score (nSPS) is 10.6. The number of nitrogens with one attached hydrogen (secondary N) is 1. The molecule has 0 aliphatic heterocycles. The maximum Gasteiger partial charge on any atom is 0.146 e. The molecule has 0 saturated carbocycles. The van der Waals surface area contributed by atoms with Crippen molar-refractivity contribution in [2.45, 2.75) is 19.9 Å². The summed E-state index contributed by atoms with van der Waals surface area (Å²) in [5.74, 6) is -0.230. The van der Waals surface area contributed by atoms with Crippen LogP contribution in [0.25, 0.3) is 0 Å². The Morgan fingerprint density at radius 3 is 2.75 bits per heavy atom. The van der Waals surface area contributed by atoms with E-state index in [4.69, 9.17) is 0 Å². The maximum absolute atomic E-state index is 13.9. The molecule has 0 radical (unpaired) electrons. The molecule has 0 spiro atoms. The van der Waals surface area contributed by atoms with E-state index in [-0.39, 0.29) is 5.82 Å². The molecule has 1 aromatic carbocycles. The van der Waals surface area contributed by atoms with Crippen LogP contribution in [-0.4, -0.2) is 18.6 Å². The Labute approximate surface area is 119 Å². The monoisotopic (exact) mass is 273 g/mol. The van der Waals surface area contributed by atoms with Crippen LogP contribution in [0.1, 0.15) is 18.9 Å². The molecule has 20 heavy (non-hydrogen) atoms. The van der Waals surface area contributed by atoms with Crippen LogP contribution in [0.5, 0.6) is 0 Å². The van der Waals surface area contributed by atoms with E-state index in [1.165, 1.54) is 6.07 Å². The van der Waals surface area contributed by atoms with E-state index in [2.05, 4.69) is 17.2 Å². The topological polar surface area (TPSA) is 28.2 Å². The molecule has 0 saturated heterocycles. The minimum atomic E-state index is -0.230. The number of aromatic nitrogens is 1. The summed E-state index contributed by atoms with van der Waals surface area (Å²) < 4.78 is 13.9. The van der Waals surface area contributed by atoms with Gasteiger partial charge in [0.2, 0.25) is 0 Å². The molecular weight excluding hydrogens is 253 g/mol. The Kier molecular flexibility index (Phi) is 5.07. The average Bonchev–Trinajstić information content (AvgIpc) is 2.48. The van der Waals surface area contributed by atoms with Gasteiger partial charge in [-0.3, -0.25) is 4.98 Å². The Hall–Kier alpha value is -1.94. The van der Waals surface area contributed by atoms with E-state index in [1.54, 1.807) is 24.5 Å². The van der Waals surface area contributed by atoms with Gasteiger partial charge in [0.05, 0.1) is 17.6 Å². The molecule has 1 heterocycles. The van der Waals surface area contributed by atoms with Crippen LogP contribution in [0, 0.1) is 5.82 Å². The number of pyridine rings is 1. The highest BCUT2D eigenvalue weighted by atomic mass is 19.1. The minimum absolute atomic E-state index is 0.230. The summed E-state index contributed by atoms with van der Waals surface area (Å²) in [6.45, 7) is 3.85. The molecule has 0 aliphatic rings. The Balaban J connectivity index is 2.25. The predicted molar refractivity (Wildman–Crippen MR) is 80.7 cm³/mol. The quantitative estimate of drug-likeness (QED) is 0.817. The molecule has 0 unspecified atom stereocenters. The Morgan fingerprint density at radius 1 is 1.20 bits per heavy atom. The van der Waals surface area contributed by atoms with Gasteiger partial charge in [0.1, 0.15) is 5.82 Å². The summed E-state index contributed by atoms with van der Waals surface area (Å²) in [5.41, 5.74) is 2.58. The highest BCUT2D eigenvalue weighted by Gasteiger charge is 2.12. The van der Waals surface area contributed by atoms with Gasteiger partial charge in [-0.05, 0) is 36.7 Å². The SMILES string of the molecule is CCCNCc1ccncc1N(C)c1ccccc1F. The highest BCUT2D eigenvalue weighted by molar-refractivity contribution is 5.65. The molecule has 1 aromatic heterocycles. The lowest BCUT2D eigenvalue weighted by atomic mass is 10.2. The first kappa shape index (κ1) is 14.5. The zero-order chi connectivity index (χ0) is 14.4. The van der Waals surface area contributed by atoms with Gasteiger partial charge in [-0.25, -0.2) is 4.39 Å². The number of hydrogen-bond acceptors (Lipinski definition) is 3. The van der Waals surface area contributed by atoms with Crippen LogP contribution < -0.4 is 10.2 Å². The van der Waals surface area contributed by atoms with Gasteiger partial charge in [0.25, 0.3) is 0 Å². The molecule has 3 nitrogen and oxygen atoms in total. The fourth-order valence-corrected chi connectivity index (χ4v) is 2.12. The van der Waals surface area contributed by atoms with E-state index in [1.807, 2.05) is 24.1 Å².